The first-order chi connectivity index (χ1) is 12.3. The lowest BCUT2D eigenvalue weighted by molar-refractivity contribution is 0.102. The number of aromatic amines is 1. The van der Waals surface area contributed by atoms with Gasteiger partial charge >= 0.3 is 0 Å². The average Bonchev–Trinajstić information content (AvgIpc) is 3.35. The summed E-state index contributed by atoms with van der Waals surface area (Å²) in [5, 5.41) is 4.56. The number of anilines is 1. The summed E-state index contributed by atoms with van der Waals surface area (Å²) in [7, 11) is 0. The van der Waals surface area contributed by atoms with Crippen molar-refractivity contribution in [3.05, 3.63) is 77.4 Å². The molecule has 0 radical (unpaired) electrons. The van der Waals surface area contributed by atoms with Gasteiger partial charge in [0, 0.05) is 16.6 Å². The molecule has 0 saturated heterocycles. The molecule has 5 nitrogen and oxygen atoms in total. The van der Waals surface area contributed by atoms with Gasteiger partial charge < -0.3 is 10.3 Å². The maximum atomic E-state index is 12.0. The Labute approximate surface area is 148 Å². The zero-order chi connectivity index (χ0) is 17.1. The average molecular weight is 346 g/mol. The lowest BCUT2D eigenvalue weighted by Crippen LogP contribution is -2.11. The van der Waals surface area contributed by atoms with Crippen LogP contribution in [0.25, 0.3) is 22.6 Å². The SMILES string of the molecule is O=C(Nc1ccc(-c2cnc(-c3ccccc3)[nH]2)cc1)c1cscn1. The number of H-pyrrole nitrogens is 1. The maximum absolute atomic E-state index is 12.0. The molecular weight excluding hydrogens is 332 g/mol. The topological polar surface area (TPSA) is 70.7 Å². The normalized spacial score (nSPS) is 10.6. The van der Waals surface area contributed by atoms with Gasteiger partial charge in [0.2, 0.25) is 0 Å². The third kappa shape index (κ3) is 3.34. The van der Waals surface area contributed by atoms with Crippen molar-refractivity contribution in [1.82, 2.24) is 15.0 Å². The van der Waals surface area contributed by atoms with E-state index in [1.165, 1.54) is 11.3 Å². The van der Waals surface area contributed by atoms with Crippen molar-refractivity contribution in [3.8, 4) is 22.6 Å². The monoisotopic (exact) mass is 346 g/mol. The van der Waals surface area contributed by atoms with E-state index < -0.39 is 0 Å². The quantitative estimate of drug-likeness (QED) is 0.573. The van der Waals surface area contributed by atoms with E-state index in [4.69, 9.17) is 0 Å². The summed E-state index contributed by atoms with van der Waals surface area (Å²) in [4.78, 5) is 23.8. The van der Waals surface area contributed by atoms with E-state index >= 15 is 0 Å². The van der Waals surface area contributed by atoms with E-state index in [9.17, 15) is 4.79 Å². The molecule has 0 spiro atoms. The van der Waals surface area contributed by atoms with E-state index in [0.29, 0.717) is 5.69 Å². The minimum absolute atomic E-state index is 0.207. The minimum Gasteiger partial charge on any atom is -0.338 e. The maximum Gasteiger partial charge on any atom is 0.275 e. The van der Waals surface area contributed by atoms with Gasteiger partial charge in [0.15, 0.2) is 0 Å². The number of aromatic nitrogens is 3. The van der Waals surface area contributed by atoms with Gasteiger partial charge in [-0.05, 0) is 17.7 Å². The van der Waals surface area contributed by atoms with E-state index in [1.54, 1.807) is 10.9 Å². The summed E-state index contributed by atoms with van der Waals surface area (Å²) in [6.07, 6.45) is 1.81. The van der Waals surface area contributed by atoms with E-state index in [0.717, 1.165) is 28.3 Å². The number of nitrogens with one attached hydrogen (secondary N) is 2. The van der Waals surface area contributed by atoms with E-state index in [-0.39, 0.29) is 5.91 Å². The standard InChI is InChI=1S/C19H14N4OS/c24-19(17-11-25-12-21-17)22-15-8-6-13(7-9-15)16-10-20-18(23-16)14-4-2-1-3-5-14/h1-12H,(H,20,23)(H,22,24). The highest BCUT2D eigenvalue weighted by atomic mass is 32.1. The summed E-state index contributed by atoms with van der Waals surface area (Å²) >= 11 is 1.40. The fourth-order valence-electron chi connectivity index (χ4n) is 2.46. The van der Waals surface area contributed by atoms with Crippen LogP contribution in [0, 0.1) is 0 Å². The molecule has 4 aromatic rings. The Balaban J connectivity index is 1.51. The predicted octanol–water partition coefficient (Wildman–Crippen LogP) is 4.45. The number of imidazole rings is 1. The van der Waals surface area contributed by atoms with Crippen LogP contribution in [0.5, 0.6) is 0 Å². The van der Waals surface area contributed by atoms with Crippen LogP contribution >= 0.6 is 11.3 Å². The van der Waals surface area contributed by atoms with E-state index in [1.807, 2.05) is 60.8 Å². The molecule has 0 bridgehead atoms. The fourth-order valence-corrected chi connectivity index (χ4v) is 3.00. The minimum atomic E-state index is -0.207. The molecule has 0 atom stereocenters. The lowest BCUT2D eigenvalue weighted by atomic mass is 10.1. The van der Waals surface area contributed by atoms with Crippen molar-refractivity contribution in [2.45, 2.75) is 0 Å². The van der Waals surface area contributed by atoms with Gasteiger partial charge in [0.25, 0.3) is 5.91 Å². The Hall–Kier alpha value is -3.25. The largest absolute Gasteiger partial charge is 0.338 e. The van der Waals surface area contributed by atoms with Crippen LogP contribution in [0.4, 0.5) is 5.69 Å². The third-order valence-corrected chi connectivity index (χ3v) is 4.33. The second kappa shape index (κ2) is 6.70. The van der Waals surface area contributed by atoms with E-state index in [2.05, 4.69) is 20.3 Å². The molecule has 25 heavy (non-hydrogen) atoms. The number of hydrogen-bond acceptors (Lipinski definition) is 4. The molecule has 2 N–H and O–H groups in total. The van der Waals surface area contributed by atoms with Crippen LogP contribution in [-0.4, -0.2) is 20.9 Å². The van der Waals surface area contributed by atoms with Gasteiger partial charge in [-0.15, -0.1) is 11.3 Å². The lowest BCUT2D eigenvalue weighted by Gasteiger charge is -2.04. The Kier molecular flexibility index (Phi) is 4.10. The van der Waals surface area contributed by atoms with Gasteiger partial charge in [-0.2, -0.15) is 0 Å². The number of nitrogens with zero attached hydrogens (tertiary/aromatic N) is 2. The molecule has 4 rings (SSSR count). The van der Waals surface area contributed by atoms with Crippen molar-refractivity contribution in [2.75, 3.05) is 5.32 Å². The van der Waals surface area contributed by atoms with Crippen molar-refractivity contribution in [2.24, 2.45) is 0 Å². The number of amides is 1. The van der Waals surface area contributed by atoms with Crippen molar-refractivity contribution >= 4 is 22.9 Å². The van der Waals surface area contributed by atoms with Crippen LogP contribution in [0.15, 0.2) is 71.7 Å². The highest BCUT2D eigenvalue weighted by Gasteiger charge is 2.09. The Morgan fingerprint density at radius 3 is 2.48 bits per heavy atom. The summed E-state index contributed by atoms with van der Waals surface area (Å²) in [6, 6.07) is 17.6. The smallest absolute Gasteiger partial charge is 0.275 e. The number of thiazole rings is 1. The van der Waals surface area contributed by atoms with Gasteiger partial charge in [0.1, 0.15) is 11.5 Å². The zero-order valence-corrected chi connectivity index (χ0v) is 14.0. The molecule has 0 aliphatic rings. The third-order valence-electron chi connectivity index (χ3n) is 3.74. The summed E-state index contributed by atoms with van der Waals surface area (Å²) in [6.45, 7) is 0. The Morgan fingerprint density at radius 2 is 1.76 bits per heavy atom. The first-order valence-electron chi connectivity index (χ1n) is 7.70. The molecule has 0 unspecified atom stereocenters. The second-order valence-corrected chi connectivity index (χ2v) is 6.14. The molecule has 122 valence electrons. The van der Waals surface area contributed by atoms with Crippen LogP contribution in [0.1, 0.15) is 10.5 Å². The summed E-state index contributed by atoms with van der Waals surface area (Å²) in [5.41, 5.74) is 5.76. The molecule has 2 aromatic heterocycles. The number of benzene rings is 2. The Morgan fingerprint density at radius 1 is 0.960 bits per heavy atom. The molecule has 2 heterocycles. The molecule has 0 fully saturated rings. The number of hydrogen-bond donors (Lipinski definition) is 2. The molecular formula is C19H14N4OS. The van der Waals surface area contributed by atoms with Crippen molar-refractivity contribution < 1.29 is 4.79 Å². The van der Waals surface area contributed by atoms with Gasteiger partial charge in [-0.25, -0.2) is 9.97 Å². The highest BCUT2D eigenvalue weighted by molar-refractivity contribution is 7.07. The number of rotatable bonds is 4. The fraction of sp³-hybridized carbons (Fsp3) is 0. The number of carbonyl (C=O) groups is 1. The molecule has 0 aliphatic carbocycles. The molecule has 6 heteroatoms. The van der Waals surface area contributed by atoms with Crippen molar-refractivity contribution in [3.63, 3.8) is 0 Å². The first kappa shape index (κ1) is 15.3. The predicted molar refractivity (Wildman–Crippen MR) is 99.5 cm³/mol. The second-order valence-electron chi connectivity index (χ2n) is 5.42. The van der Waals surface area contributed by atoms with Crippen LogP contribution in [-0.2, 0) is 0 Å². The highest BCUT2D eigenvalue weighted by Crippen LogP contribution is 2.23. The molecule has 0 aliphatic heterocycles. The number of carbonyl (C=O) groups excluding carboxylic acids is 1. The zero-order valence-electron chi connectivity index (χ0n) is 13.1. The molecule has 0 saturated carbocycles. The van der Waals surface area contributed by atoms with Crippen LogP contribution in [0.2, 0.25) is 0 Å². The molecule has 1 amide bonds. The van der Waals surface area contributed by atoms with Gasteiger partial charge in [-0.1, -0.05) is 42.5 Å². The van der Waals surface area contributed by atoms with Gasteiger partial charge in [-0.3, -0.25) is 4.79 Å². The van der Waals surface area contributed by atoms with Gasteiger partial charge in [0.05, 0.1) is 17.4 Å². The Bertz CT molecular complexity index is 976. The van der Waals surface area contributed by atoms with Crippen LogP contribution in [0.3, 0.4) is 0 Å². The molecule has 2 aromatic carbocycles. The summed E-state index contributed by atoms with van der Waals surface area (Å²) in [5.74, 6) is 0.624. The first-order valence-corrected chi connectivity index (χ1v) is 8.64. The van der Waals surface area contributed by atoms with Crippen molar-refractivity contribution in [1.29, 1.82) is 0 Å². The summed E-state index contributed by atoms with van der Waals surface area (Å²) < 4.78 is 0. The van der Waals surface area contributed by atoms with Crippen LogP contribution < -0.4 is 5.32 Å².